The van der Waals surface area contributed by atoms with Crippen molar-refractivity contribution in [2.75, 3.05) is 19.6 Å². The predicted molar refractivity (Wildman–Crippen MR) is 124 cm³/mol. The van der Waals surface area contributed by atoms with Crippen molar-refractivity contribution in [1.82, 2.24) is 4.98 Å². The Balaban J connectivity index is 1.61. The molecule has 5 aromatic rings. The van der Waals surface area contributed by atoms with Crippen LogP contribution < -0.4 is 20.3 Å². The van der Waals surface area contributed by atoms with Crippen LogP contribution in [0.3, 0.4) is 0 Å². The number of nitrogens with zero attached hydrogens (tertiary/aromatic N) is 2. The van der Waals surface area contributed by atoms with Crippen LogP contribution in [0.4, 0.5) is 5.13 Å². The summed E-state index contributed by atoms with van der Waals surface area (Å²) in [6.45, 7) is 0. The number of benzene rings is 3. The van der Waals surface area contributed by atoms with Gasteiger partial charge in [-0.25, -0.2) is 4.98 Å². The van der Waals surface area contributed by atoms with Crippen molar-refractivity contribution in [3.63, 3.8) is 0 Å². The average Bonchev–Trinajstić information content (AvgIpc) is 3.25. The van der Waals surface area contributed by atoms with Crippen LogP contribution in [0.5, 0.6) is 11.5 Å². The van der Waals surface area contributed by atoms with Crippen molar-refractivity contribution in [2.45, 2.75) is 0 Å². The third-order valence-corrected chi connectivity index (χ3v) is 5.83. The first kappa shape index (κ1) is 19.1. The third kappa shape index (κ3) is 3.71. The van der Waals surface area contributed by atoms with Crippen LogP contribution in [0.15, 0.2) is 82.3 Å². The van der Waals surface area contributed by atoms with E-state index in [9.17, 15) is 0 Å². The van der Waals surface area contributed by atoms with Gasteiger partial charge in [-0.3, -0.25) is 5.43 Å². The third-order valence-electron chi connectivity index (χ3n) is 4.88. The molecule has 0 spiro atoms. The maximum atomic E-state index is 6.16. The molecule has 2 aromatic heterocycles. The molecule has 154 valence electrons. The lowest BCUT2D eigenvalue weighted by molar-refractivity contribution is 0.355. The Labute approximate surface area is 182 Å². The van der Waals surface area contributed by atoms with Crippen LogP contribution >= 0.6 is 11.3 Å². The fourth-order valence-corrected chi connectivity index (χ4v) is 4.18. The van der Waals surface area contributed by atoms with E-state index in [2.05, 4.69) is 15.5 Å². The molecule has 0 saturated carbocycles. The standard InChI is InChI=1S/C24H19N3O3S/c1-28-20-12-11-15(13-22(20)29-2)21-14-18(16-7-3-5-9-19(16)30-21)26-27-24-25-17-8-4-6-10-23(17)31-24/h3-14H,1-2H3,(H,25,27)/b26-18-. The van der Waals surface area contributed by atoms with Gasteiger partial charge in [-0.1, -0.05) is 35.6 Å². The van der Waals surface area contributed by atoms with Crippen molar-refractivity contribution in [1.29, 1.82) is 0 Å². The van der Waals surface area contributed by atoms with Gasteiger partial charge >= 0.3 is 0 Å². The molecule has 0 saturated heterocycles. The number of ether oxygens (including phenoxy) is 2. The van der Waals surface area contributed by atoms with Crippen molar-refractivity contribution in [3.05, 3.63) is 78.2 Å². The second-order valence-corrected chi connectivity index (χ2v) is 7.80. The quantitative estimate of drug-likeness (QED) is 0.365. The minimum absolute atomic E-state index is 0.634. The Kier molecular flexibility index (Phi) is 5.01. The smallest absolute Gasteiger partial charge is 0.204 e. The molecular formula is C24H19N3O3S. The fourth-order valence-electron chi connectivity index (χ4n) is 3.37. The molecular weight excluding hydrogens is 410 g/mol. The van der Waals surface area contributed by atoms with Crippen LogP contribution in [0, 0.1) is 0 Å². The highest BCUT2D eigenvalue weighted by atomic mass is 32.1. The number of methoxy groups -OCH3 is 2. The molecule has 0 atom stereocenters. The largest absolute Gasteiger partial charge is 0.493 e. The molecule has 0 fully saturated rings. The number of anilines is 1. The Hall–Kier alpha value is -3.84. The van der Waals surface area contributed by atoms with E-state index in [4.69, 9.17) is 13.9 Å². The summed E-state index contributed by atoms with van der Waals surface area (Å²) in [6, 6.07) is 23.4. The molecule has 0 aliphatic heterocycles. The topological polar surface area (TPSA) is 68.9 Å². The highest BCUT2D eigenvalue weighted by Gasteiger charge is 2.10. The summed E-state index contributed by atoms with van der Waals surface area (Å²) in [7, 11) is 3.23. The van der Waals surface area contributed by atoms with Crippen LogP contribution in [0.25, 0.3) is 32.5 Å². The van der Waals surface area contributed by atoms with E-state index in [0.29, 0.717) is 17.3 Å². The lowest BCUT2D eigenvalue weighted by Gasteiger charge is -2.10. The summed E-state index contributed by atoms with van der Waals surface area (Å²) in [5.74, 6) is 1.97. The van der Waals surface area contributed by atoms with Crippen LogP contribution in [0.1, 0.15) is 0 Å². The van der Waals surface area contributed by atoms with Crippen molar-refractivity contribution in [3.8, 4) is 22.8 Å². The van der Waals surface area contributed by atoms with Gasteiger partial charge in [0.1, 0.15) is 11.3 Å². The van der Waals surface area contributed by atoms with Crippen LogP contribution in [-0.2, 0) is 0 Å². The number of thiazole rings is 1. The van der Waals surface area contributed by atoms with Gasteiger partial charge in [0.2, 0.25) is 5.13 Å². The molecule has 0 unspecified atom stereocenters. The maximum absolute atomic E-state index is 6.16. The molecule has 0 bridgehead atoms. The van der Waals surface area contributed by atoms with E-state index in [-0.39, 0.29) is 0 Å². The summed E-state index contributed by atoms with van der Waals surface area (Å²) in [5.41, 5.74) is 5.65. The summed E-state index contributed by atoms with van der Waals surface area (Å²) in [5, 5.41) is 7.04. The molecule has 0 aliphatic rings. The van der Waals surface area contributed by atoms with Gasteiger partial charge in [-0.05, 0) is 42.5 Å². The number of hydrogen-bond acceptors (Lipinski definition) is 7. The second-order valence-electron chi connectivity index (χ2n) is 6.77. The van der Waals surface area contributed by atoms with Gasteiger partial charge in [0.15, 0.2) is 11.5 Å². The van der Waals surface area contributed by atoms with E-state index in [1.54, 1.807) is 25.6 Å². The monoisotopic (exact) mass is 429 g/mol. The molecule has 5 rings (SSSR count). The van der Waals surface area contributed by atoms with Crippen molar-refractivity contribution < 1.29 is 13.9 Å². The molecule has 3 aromatic carbocycles. The van der Waals surface area contributed by atoms with Crippen LogP contribution in [-0.4, -0.2) is 19.2 Å². The minimum atomic E-state index is 0.634. The molecule has 7 heteroatoms. The first-order valence-corrected chi connectivity index (χ1v) is 10.5. The lowest BCUT2D eigenvalue weighted by atomic mass is 10.1. The SMILES string of the molecule is COc1ccc(-c2c/c(=N/Nc3nc4ccccc4s3)c3ccccc3o2)cc1OC. The van der Waals surface area contributed by atoms with E-state index < -0.39 is 0 Å². The van der Waals surface area contributed by atoms with E-state index in [1.165, 1.54) is 0 Å². The molecule has 0 radical (unpaired) electrons. The summed E-state index contributed by atoms with van der Waals surface area (Å²) in [6.07, 6.45) is 0. The molecule has 31 heavy (non-hydrogen) atoms. The summed E-state index contributed by atoms with van der Waals surface area (Å²) >= 11 is 1.56. The van der Waals surface area contributed by atoms with E-state index in [0.717, 1.165) is 37.2 Å². The zero-order valence-corrected chi connectivity index (χ0v) is 17.8. The summed E-state index contributed by atoms with van der Waals surface area (Å²) < 4.78 is 18.1. The molecule has 6 nitrogen and oxygen atoms in total. The van der Waals surface area contributed by atoms with Gasteiger partial charge in [-0.2, -0.15) is 5.10 Å². The fraction of sp³-hybridized carbons (Fsp3) is 0.0833. The van der Waals surface area contributed by atoms with E-state index in [1.807, 2.05) is 72.8 Å². The Morgan fingerprint density at radius 2 is 1.71 bits per heavy atom. The number of fused-ring (bicyclic) bond motifs is 2. The van der Waals surface area contributed by atoms with E-state index >= 15 is 0 Å². The second kappa shape index (κ2) is 8.12. The number of nitrogens with one attached hydrogen (secondary N) is 1. The zero-order chi connectivity index (χ0) is 21.2. The first-order chi connectivity index (χ1) is 15.2. The van der Waals surface area contributed by atoms with Gasteiger partial charge in [-0.15, -0.1) is 0 Å². The average molecular weight is 430 g/mol. The summed E-state index contributed by atoms with van der Waals surface area (Å²) in [4.78, 5) is 4.59. The Bertz CT molecular complexity index is 1420. The number of aromatic nitrogens is 1. The normalized spacial score (nSPS) is 11.7. The minimum Gasteiger partial charge on any atom is -0.493 e. The van der Waals surface area contributed by atoms with Crippen molar-refractivity contribution in [2.24, 2.45) is 5.10 Å². The van der Waals surface area contributed by atoms with Gasteiger partial charge < -0.3 is 13.9 Å². The van der Waals surface area contributed by atoms with Crippen molar-refractivity contribution >= 4 is 37.7 Å². The Morgan fingerprint density at radius 1 is 0.903 bits per heavy atom. The lowest BCUT2D eigenvalue weighted by Crippen LogP contribution is -2.07. The van der Waals surface area contributed by atoms with Gasteiger partial charge in [0.25, 0.3) is 0 Å². The molecule has 0 aliphatic carbocycles. The molecule has 0 amide bonds. The highest BCUT2D eigenvalue weighted by Crippen LogP contribution is 2.32. The zero-order valence-electron chi connectivity index (χ0n) is 17.0. The van der Waals surface area contributed by atoms with Crippen LogP contribution in [0.2, 0.25) is 0 Å². The maximum Gasteiger partial charge on any atom is 0.204 e. The molecule has 2 heterocycles. The highest BCUT2D eigenvalue weighted by molar-refractivity contribution is 7.22. The van der Waals surface area contributed by atoms with Gasteiger partial charge in [0.05, 0.1) is 29.8 Å². The molecule has 1 N–H and O–H groups in total. The first-order valence-electron chi connectivity index (χ1n) is 9.66. The number of rotatable bonds is 5. The number of para-hydroxylation sites is 2. The number of hydrogen-bond donors (Lipinski definition) is 1. The Morgan fingerprint density at radius 3 is 2.55 bits per heavy atom. The predicted octanol–water partition coefficient (Wildman–Crippen LogP) is 5.65. The van der Waals surface area contributed by atoms with Gasteiger partial charge in [0, 0.05) is 17.0 Å².